The molecule has 2 fully saturated rings. The molecule has 34 heavy (non-hydrogen) atoms. The lowest BCUT2D eigenvalue weighted by Crippen LogP contribution is -2.53. The Bertz CT molecular complexity index is 967. The summed E-state index contributed by atoms with van der Waals surface area (Å²) >= 11 is 0. The van der Waals surface area contributed by atoms with E-state index in [1.54, 1.807) is 0 Å². The first-order chi connectivity index (χ1) is 16.4. The highest BCUT2D eigenvalue weighted by Crippen LogP contribution is 2.24. The Morgan fingerprint density at radius 3 is 2.53 bits per heavy atom. The smallest absolute Gasteiger partial charge is 0.321 e. The SMILES string of the molecule is Cc1ccc(-c2noc(C(C)N3CCN(CC(=O)NC(=O)NC4CCCCC4C)CC3)n2)cc1. The Labute approximate surface area is 201 Å². The first-order valence-corrected chi connectivity index (χ1v) is 12.4. The lowest BCUT2D eigenvalue weighted by molar-refractivity contribution is -0.121. The van der Waals surface area contributed by atoms with E-state index in [1.807, 2.05) is 31.2 Å². The van der Waals surface area contributed by atoms with E-state index in [-0.39, 0.29) is 30.6 Å². The van der Waals surface area contributed by atoms with Gasteiger partial charge in [-0.15, -0.1) is 0 Å². The molecule has 1 saturated carbocycles. The van der Waals surface area contributed by atoms with Crippen LogP contribution in [-0.4, -0.2) is 70.6 Å². The molecule has 0 spiro atoms. The predicted octanol–water partition coefficient (Wildman–Crippen LogP) is 3.13. The highest BCUT2D eigenvalue weighted by molar-refractivity contribution is 5.95. The van der Waals surface area contributed by atoms with Crippen molar-refractivity contribution in [1.82, 2.24) is 30.6 Å². The van der Waals surface area contributed by atoms with E-state index in [1.165, 1.54) is 12.0 Å². The van der Waals surface area contributed by atoms with Crippen LogP contribution in [0.4, 0.5) is 4.79 Å². The molecule has 0 radical (unpaired) electrons. The predicted molar refractivity (Wildman–Crippen MR) is 129 cm³/mol. The average molecular weight is 469 g/mol. The molecule has 3 unspecified atom stereocenters. The Balaban J connectivity index is 1.21. The number of urea groups is 1. The van der Waals surface area contributed by atoms with Crippen molar-refractivity contribution in [2.45, 2.75) is 58.5 Å². The number of aryl methyl sites for hydroxylation is 1. The molecule has 9 nitrogen and oxygen atoms in total. The van der Waals surface area contributed by atoms with E-state index < -0.39 is 0 Å². The molecule has 2 aromatic rings. The lowest BCUT2D eigenvalue weighted by atomic mass is 9.86. The minimum absolute atomic E-state index is 0.00839. The molecule has 2 N–H and O–H groups in total. The van der Waals surface area contributed by atoms with Crippen LogP contribution in [-0.2, 0) is 4.79 Å². The lowest BCUT2D eigenvalue weighted by Gasteiger charge is -2.36. The molecule has 2 heterocycles. The van der Waals surface area contributed by atoms with Crippen LogP contribution >= 0.6 is 0 Å². The van der Waals surface area contributed by atoms with E-state index in [0.717, 1.165) is 51.0 Å². The van der Waals surface area contributed by atoms with Crippen LogP contribution in [0.1, 0.15) is 57.0 Å². The number of rotatable bonds is 6. The van der Waals surface area contributed by atoms with Gasteiger partial charge in [-0.3, -0.25) is 19.9 Å². The van der Waals surface area contributed by atoms with Gasteiger partial charge in [-0.1, -0.05) is 54.8 Å². The van der Waals surface area contributed by atoms with E-state index in [9.17, 15) is 9.59 Å². The summed E-state index contributed by atoms with van der Waals surface area (Å²) in [6.07, 6.45) is 4.45. The highest BCUT2D eigenvalue weighted by atomic mass is 16.5. The number of nitrogens with zero attached hydrogens (tertiary/aromatic N) is 4. The topological polar surface area (TPSA) is 104 Å². The Morgan fingerprint density at radius 2 is 1.82 bits per heavy atom. The van der Waals surface area contributed by atoms with Gasteiger partial charge < -0.3 is 9.84 Å². The second-order valence-electron chi connectivity index (χ2n) is 9.70. The van der Waals surface area contributed by atoms with Gasteiger partial charge in [-0.2, -0.15) is 4.98 Å². The van der Waals surface area contributed by atoms with Crippen LogP contribution in [0.5, 0.6) is 0 Å². The molecule has 0 bridgehead atoms. The number of aromatic nitrogens is 2. The fourth-order valence-electron chi connectivity index (χ4n) is 4.79. The molecule has 4 rings (SSSR count). The van der Waals surface area contributed by atoms with Gasteiger partial charge >= 0.3 is 6.03 Å². The third-order valence-corrected chi connectivity index (χ3v) is 7.11. The molecule has 3 amide bonds. The Hall–Kier alpha value is -2.78. The van der Waals surface area contributed by atoms with Gasteiger partial charge in [0.05, 0.1) is 12.6 Å². The summed E-state index contributed by atoms with van der Waals surface area (Å²) in [5.41, 5.74) is 2.12. The zero-order valence-electron chi connectivity index (χ0n) is 20.4. The maximum Gasteiger partial charge on any atom is 0.321 e. The summed E-state index contributed by atoms with van der Waals surface area (Å²) in [5, 5.41) is 9.62. The third kappa shape index (κ3) is 6.21. The summed E-state index contributed by atoms with van der Waals surface area (Å²) < 4.78 is 5.54. The number of carbonyl (C=O) groups excluding carboxylic acids is 2. The molecule has 2 aliphatic rings. The largest absolute Gasteiger partial charge is 0.337 e. The minimum atomic E-state index is -0.378. The summed E-state index contributed by atoms with van der Waals surface area (Å²) in [7, 11) is 0. The van der Waals surface area contributed by atoms with Crippen LogP contribution in [0, 0.1) is 12.8 Å². The number of carbonyl (C=O) groups is 2. The summed E-state index contributed by atoms with van der Waals surface area (Å²) in [6, 6.07) is 7.82. The molecule has 3 atom stereocenters. The van der Waals surface area contributed by atoms with E-state index in [2.05, 4.69) is 44.4 Å². The van der Waals surface area contributed by atoms with Crippen molar-refractivity contribution in [3.8, 4) is 11.4 Å². The highest BCUT2D eigenvalue weighted by Gasteiger charge is 2.28. The Morgan fingerprint density at radius 1 is 1.12 bits per heavy atom. The summed E-state index contributed by atoms with van der Waals surface area (Å²) in [6.45, 7) is 9.51. The number of hydrogen-bond acceptors (Lipinski definition) is 7. The molecule has 9 heteroatoms. The monoisotopic (exact) mass is 468 g/mol. The molecule has 1 saturated heterocycles. The molecule has 1 aromatic heterocycles. The molecule has 184 valence electrons. The van der Waals surface area contributed by atoms with Gasteiger partial charge in [-0.25, -0.2) is 4.79 Å². The number of amides is 3. The average Bonchev–Trinajstić information content (AvgIpc) is 3.31. The Kier molecular flexibility index (Phi) is 7.95. The standard InChI is InChI=1S/C25H36N6O3/c1-17-8-10-20(11-9-17)23-28-24(34-29-23)19(3)31-14-12-30(13-15-31)16-22(32)27-25(33)26-21-7-5-4-6-18(21)2/h8-11,18-19,21H,4-7,12-16H2,1-3H3,(H2,26,27,32,33). The quantitative estimate of drug-likeness (QED) is 0.671. The summed E-state index contributed by atoms with van der Waals surface area (Å²) in [5.74, 6) is 1.38. The van der Waals surface area contributed by atoms with Gasteiger partial charge in [0.25, 0.3) is 0 Å². The second-order valence-corrected chi connectivity index (χ2v) is 9.70. The number of piperazine rings is 1. The second kappa shape index (κ2) is 11.1. The van der Waals surface area contributed by atoms with Crippen LogP contribution in [0.3, 0.4) is 0 Å². The van der Waals surface area contributed by atoms with Crippen LogP contribution in [0.25, 0.3) is 11.4 Å². The fraction of sp³-hybridized carbons (Fsp3) is 0.600. The van der Waals surface area contributed by atoms with Gasteiger partial charge in [0.2, 0.25) is 17.6 Å². The fourth-order valence-corrected chi connectivity index (χ4v) is 4.79. The molecule has 1 aliphatic carbocycles. The number of hydrogen-bond donors (Lipinski definition) is 2. The zero-order chi connectivity index (χ0) is 24.1. The van der Waals surface area contributed by atoms with Gasteiger partial charge in [0.1, 0.15) is 0 Å². The van der Waals surface area contributed by atoms with Gasteiger partial charge in [-0.05, 0) is 32.6 Å². The van der Waals surface area contributed by atoms with Crippen molar-refractivity contribution in [2.75, 3.05) is 32.7 Å². The van der Waals surface area contributed by atoms with E-state index in [4.69, 9.17) is 4.52 Å². The van der Waals surface area contributed by atoms with Gasteiger partial charge in [0, 0.05) is 37.8 Å². The molecule has 1 aromatic carbocycles. The van der Waals surface area contributed by atoms with Crippen molar-refractivity contribution in [2.24, 2.45) is 5.92 Å². The van der Waals surface area contributed by atoms with Crippen molar-refractivity contribution >= 4 is 11.9 Å². The van der Waals surface area contributed by atoms with Gasteiger partial charge in [0.15, 0.2) is 0 Å². The summed E-state index contributed by atoms with van der Waals surface area (Å²) in [4.78, 5) is 33.6. The van der Waals surface area contributed by atoms with E-state index >= 15 is 0 Å². The van der Waals surface area contributed by atoms with Crippen molar-refractivity contribution < 1.29 is 14.1 Å². The van der Waals surface area contributed by atoms with Crippen molar-refractivity contribution in [3.63, 3.8) is 0 Å². The third-order valence-electron chi connectivity index (χ3n) is 7.11. The van der Waals surface area contributed by atoms with Crippen LogP contribution in [0.15, 0.2) is 28.8 Å². The maximum absolute atomic E-state index is 12.4. The maximum atomic E-state index is 12.4. The molecule has 1 aliphatic heterocycles. The van der Waals surface area contributed by atoms with Crippen LogP contribution in [0.2, 0.25) is 0 Å². The first kappa shape index (κ1) is 24.3. The van der Waals surface area contributed by atoms with Crippen molar-refractivity contribution in [1.29, 1.82) is 0 Å². The number of imide groups is 1. The zero-order valence-corrected chi connectivity index (χ0v) is 20.4. The van der Waals surface area contributed by atoms with Crippen LogP contribution < -0.4 is 10.6 Å². The number of nitrogens with one attached hydrogen (secondary N) is 2. The number of benzene rings is 1. The molecular weight excluding hydrogens is 432 g/mol. The van der Waals surface area contributed by atoms with E-state index in [0.29, 0.717) is 17.6 Å². The normalized spacial score (nSPS) is 22.8. The van der Waals surface area contributed by atoms with Crippen molar-refractivity contribution in [3.05, 3.63) is 35.7 Å². The minimum Gasteiger partial charge on any atom is -0.337 e. The molecular formula is C25H36N6O3. The first-order valence-electron chi connectivity index (χ1n) is 12.4.